The highest BCUT2D eigenvalue weighted by molar-refractivity contribution is 5.36. The van der Waals surface area contributed by atoms with E-state index in [2.05, 4.69) is 4.98 Å². The average Bonchev–Trinajstić information content (AvgIpc) is 2.38. The van der Waals surface area contributed by atoms with Gasteiger partial charge in [-0.05, 0) is 29.8 Å². The van der Waals surface area contributed by atoms with Gasteiger partial charge in [-0.15, -0.1) is 0 Å². The molecule has 1 aromatic carbocycles. The van der Waals surface area contributed by atoms with E-state index in [1.54, 1.807) is 24.5 Å². The highest BCUT2D eigenvalue weighted by Crippen LogP contribution is 2.17. The molecule has 0 saturated carbocycles. The van der Waals surface area contributed by atoms with Crippen LogP contribution in [-0.4, -0.2) is 4.98 Å². The van der Waals surface area contributed by atoms with Gasteiger partial charge in [-0.3, -0.25) is 4.98 Å². The number of rotatable bonds is 3. The summed E-state index contributed by atoms with van der Waals surface area (Å²) < 4.78 is 18.7. The van der Waals surface area contributed by atoms with Crippen LogP contribution in [0.25, 0.3) is 0 Å². The molecule has 0 spiro atoms. The van der Waals surface area contributed by atoms with Gasteiger partial charge in [0.25, 0.3) is 0 Å². The zero-order chi connectivity index (χ0) is 12.1. The van der Waals surface area contributed by atoms with Crippen LogP contribution in [0.3, 0.4) is 0 Å². The zero-order valence-corrected chi connectivity index (χ0v) is 8.93. The van der Waals surface area contributed by atoms with Crippen LogP contribution in [0.5, 0.6) is 5.75 Å². The predicted octanol–water partition coefficient (Wildman–Crippen LogP) is 2.67. The minimum absolute atomic E-state index is 0.0151. The van der Waals surface area contributed by atoms with Crippen molar-refractivity contribution in [3.63, 3.8) is 0 Å². The smallest absolute Gasteiger partial charge is 0.144 e. The molecule has 0 atom stereocenters. The summed E-state index contributed by atoms with van der Waals surface area (Å²) in [5.41, 5.74) is 0.964. The van der Waals surface area contributed by atoms with Crippen LogP contribution < -0.4 is 4.74 Å². The molecule has 0 aliphatic rings. The lowest BCUT2D eigenvalue weighted by atomic mass is 10.2. The number of ether oxygens (including phenoxy) is 1. The number of hydrogen-bond donors (Lipinski definition) is 0. The van der Waals surface area contributed by atoms with Gasteiger partial charge in [0, 0.05) is 18.5 Å². The van der Waals surface area contributed by atoms with Crippen LogP contribution in [-0.2, 0) is 6.61 Å². The van der Waals surface area contributed by atoms with Gasteiger partial charge in [-0.25, -0.2) is 4.39 Å². The number of aromatic nitrogens is 1. The summed E-state index contributed by atoms with van der Waals surface area (Å²) >= 11 is 0. The van der Waals surface area contributed by atoms with Gasteiger partial charge in [0.05, 0.1) is 5.56 Å². The van der Waals surface area contributed by atoms with Crippen molar-refractivity contribution >= 4 is 0 Å². The lowest BCUT2D eigenvalue weighted by Gasteiger charge is -2.06. The summed E-state index contributed by atoms with van der Waals surface area (Å²) in [5, 5.41) is 8.58. The van der Waals surface area contributed by atoms with E-state index < -0.39 is 5.82 Å². The molecule has 0 saturated heterocycles. The van der Waals surface area contributed by atoms with Gasteiger partial charge in [-0.2, -0.15) is 5.26 Å². The van der Waals surface area contributed by atoms with E-state index >= 15 is 0 Å². The molecule has 0 aliphatic carbocycles. The highest BCUT2D eigenvalue weighted by atomic mass is 19.1. The monoisotopic (exact) mass is 228 g/mol. The standard InChI is InChI=1S/C13H9FN2O/c14-13-7-12(2-1-11(13)8-15)17-9-10-3-5-16-6-4-10/h1-7H,9H2. The third-order valence-corrected chi connectivity index (χ3v) is 2.22. The molecule has 0 bridgehead atoms. The Bertz CT molecular complexity index is 549. The first-order chi connectivity index (χ1) is 8.29. The highest BCUT2D eigenvalue weighted by Gasteiger charge is 2.03. The second-order valence-corrected chi connectivity index (χ2v) is 3.40. The molecule has 0 radical (unpaired) electrons. The Labute approximate surface area is 98.1 Å². The number of nitriles is 1. The van der Waals surface area contributed by atoms with Crippen molar-refractivity contribution in [2.45, 2.75) is 6.61 Å². The topological polar surface area (TPSA) is 45.9 Å². The summed E-state index contributed by atoms with van der Waals surface area (Å²) in [7, 11) is 0. The lowest BCUT2D eigenvalue weighted by molar-refractivity contribution is 0.304. The minimum Gasteiger partial charge on any atom is -0.489 e. The van der Waals surface area contributed by atoms with Gasteiger partial charge < -0.3 is 4.74 Å². The molecule has 0 N–H and O–H groups in total. The van der Waals surface area contributed by atoms with E-state index in [1.165, 1.54) is 12.1 Å². The quantitative estimate of drug-likeness (QED) is 0.811. The Hall–Kier alpha value is -2.41. The van der Waals surface area contributed by atoms with Crippen LogP contribution >= 0.6 is 0 Å². The minimum atomic E-state index is -0.570. The molecule has 2 rings (SSSR count). The third-order valence-electron chi connectivity index (χ3n) is 2.22. The Balaban J connectivity index is 2.06. The predicted molar refractivity (Wildman–Crippen MR) is 59.7 cm³/mol. The first-order valence-corrected chi connectivity index (χ1v) is 5.01. The van der Waals surface area contributed by atoms with Crippen molar-refractivity contribution < 1.29 is 9.13 Å². The van der Waals surface area contributed by atoms with Gasteiger partial charge in [0.2, 0.25) is 0 Å². The third kappa shape index (κ3) is 2.79. The van der Waals surface area contributed by atoms with E-state index in [9.17, 15) is 4.39 Å². The number of pyridine rings is 1. The molecule has 0 aliphatic heterocycles. The molecule has 84 valence electrons. The fourth-order valence-electron chi connectivity index (χ4n) is 1.32. The molecule has 1 aromatic heterocycles. The summed E-state index contributed by atoms with van der Waals surface area (Å²) in [6, 6.07) is 9.58. The van der Waals surface area contributed by atoms with Crippen LogP contribution in [0.2, 0.25) is 0 Å². The normalized spacial score (nSPS) is 9.65. The maximum absolute atomic E-state index is 13.3. The molecule has 4 heteroatoms. The van der Waals surface area contributed by atoms with Crippen LogP contribution in [0, 0.1) is 17.1 Å². The largest absolute Gasteiger partial charge is 0.489 e. The summed E-state index contributed by atoms with van der Waals surface area (Å²) in [5.74, 6) is -0.168. The molecule has 3 nitrogen and oxygen atoms in total. The lowest BCUT2D eigenvalue weighted by Crippen LogP contribution is -1.96. The second kappa shape index (κ2) is 5.08. The summed E-state index contributed by atoms with van der Waals surface area (Å²) in [4.78, 5) is 3.89. The number of nitrogens with zero attached hydrogens (tertiary/aromatic N) is 2. The fraction of sp³-hybridized carbons (Fsp3) is 0.0769. The maximum Gasteiger partial charge on any atom is 0.144 e. The van der Waals surface area contributed by atoms with Crippen molar-refractivity contribution in [1.82, 2.24) is 4.98 Å². The molecular weight excluding hydrogens is 219 g/mol. The SMILES string of the molecule is N#Cc1ccc(OCc2ccncc2)cc1F. The summed E-state index contributed by atoms with van der Waals surface area (Å²) in [6.45, 7) is 0.341. The van der Waals surface area contributed by atoms with Crippen molar-refractivity contribution in [3.8, 4) is 11.8 Å². The van der Waals surface area contributed by atoms with Crippen molar-refractivity contribution in [2.24, 2.45) is 0 Å². The van der Waals surface area contributed by atoms with Crippen LogP contribution in [0.15, 0.2) is 42.7 Å². The Morgan fingerprint density at radius 2 is 2.00 bits per heavy atom. The first-order valence-electron chi connectivity index (χ1n) is 5.01. The zero-order valence-electron chi connectivity index (χ0n) is 8.93. The number of halogens is 1. The first kappa shape index (κ1) is 11.1. The van der Waals surface area contributed by atoms with Crippen molar-refractivity contribution in [1.29, 1.82) is 5.26 Å². The van der Waals surface area contributed by atoms with E-state index in [4.69, 9.17) is 10.00 Å². The number of benzene rings is 1. The second-order valence-electron chi connectivity index (χ2n) is 3.40. The van der Waals surface area contributed by atoms with Gasteiger partial charge in [0.15, 0.2) is 0 Å². The van der Waals surface area contributed by atoms with E-state index in [0.717, 1.165) is 5.56 Å². The molecular formula is C13H9FN2O. The van der Waals surface area contributed by atoms with Gasteiger partial charge in [-0.1, -0.05) is 0 Å². The molecule has 0 fully saturated rings. The summed E-state index contributed by atoms with van der Waals surface area (Å²) in [6.07, 6.45) is 3.33. The van der Waals surface area contributed by atoms with Crippen LogP contribution in [0.4, 0.5) is 4.39 Å². The number of hydrogen-bond acceptors (Lipinski definition) is 3. The average molecular weight is 228 g/mol. The Morgan fingerprint density at radius 1 is 1.24 bits per heavy atom. The van der Waals surface area contributed by atoms with E-state index in [0.29, 0.717) is 12.4 Å². The van der Waals surface area contributed by atoms with E-state index in [-0.39, 0.29) is 5.56 Å². The van der Waals surface area contributed by atoms with Gasteiger partial charge >= 0.3 is 0 Å². The van der Waals surface area contributed by atoms with Crippen molar-refractivity contribution in [2.75, 3.05) is 0 Å². The molecule has 0 unspecified atom stereocenters. The molecule has 0 amide bonds. The fourth-order valence-corrected chi connectivity index (χ4v) is 1.32. The van der Waals surface area contributed by atoms with E-state index in [1.807, 2.05) is 12.1 Å². The Morgan fingerprint density at radius 3 is 2.65 bits per heavy atom. The Kier molecular flexibility index (Phi) is 3.31. The molecule has 2 aromatic rings. The van der Waals surface area contributed by atoms with Crippen LogP contribution in [0.1, 0.15) is 11.1 Å². The van der Waals surface area contributed by atoms with Crippen molar-refractivity contribution in [3.05, 3.63) is 59.7 Å². The molecule has 1 heterocycles. The van der Waals surface area contributed by atoms with Gasteiger partial charge in [0.1, 0.15) is 24.2 Å². The molecule has 17 heavy (non-hydrogen) atoms. The maximum atomic E-state index is 13.3.